The molecule has 0 aromatic carbocycles. The predicted molar refractivity (Wildman–Crippen MR) is 17.3 cm³/mol. The fraction of sp³-hybridized carbons (Fsp3) is 0. The molecular formula is Al2MgZn. The Hall–Kier alpha value is 2.45. The van der Waals surface area contributed by atoms with Crippen LogP contribution in [0.2, 0.25) is 0 Å². The van der Waals surface area contributed by atoms with Crippen LogP contribution in [0.4, 0.5) is 0 Å². The molecule has 0 N–H and O–H groups in total. The zero-order valence-corrected chi connectivity index (χ0v) is 9.26. The molecule has 0 saturated heterocycles. The van der Waals surface area contributed by atoms with Gasteiger partial charge in [0.05, 0.1) is 0 Å². The van der Waals surface area contributed by atoms with Gasteiger partial charge in [0.1, 0.15) is 0 Å². The molecule has 0 fully saturated rings. The minimum absolute atomic E-state index is 0. The van der Waals surface area contributed by atoms with Crippen LogP contribution in [-0.2, 0) is 19.5 Å². The van der Waals surface area contributed by atoms with Crippen molar-refractivity contribution in [2.45, 2.75) is 0 Å². The third kappa shape index (κ3) is 8.82. The molecule has 10 valence electrons. The third-order valence-electron chi connectivity index (χ3n) is 0. The normalized spacial score (nSPS) is 0. The summed E-state index contributed by atoms with van der Waals surface area (Å²) in [4.78, 5) is 0. The molecule has 0 nitrogen and oxygen atoms in total. The summed E-state index contributed by atoms with van der Waals surface area (Å²) in [6.07, 6.45) is 0. The van der Waals surface area contributed by atoms with Gasteiger partial charge in [-0.25, -0.2) is 0 Å². The van der Waals surface area contributed by atoms with Crippen molar-refractivity contribution in [2.24, 2.45) is 0 Å². The van der Waals surface area contributed by atoms with Crippen LogP contribution >= 0.6 is 0 Å². The predicted octanol–water partition coefficient (Wildman–Crippen LogP) is -1.14. The Labute approximate surface area is 76.3 Å². The fourth-order valence-electron chi connectivity index (χ4n) is 0. The molecule has 0 saturated carbocycles. The van der Waals surface area contributed by atoms with Gasteiger partial charge in [0, 0.05) is 77.3 Å². The number of hydrogen-bond donors (Lipinski definition) is 0. The molecule has 0 heterocycles. The van der Waals surface area contributed by atoms with Crippen LogP contribution < -0.4 is 0 Å². The van der Waals surface area contributed by atoms with E-state index in [0.29, 0.717) is 0 Å². The van der Waals surface area contributed by atoms with E-state index in [1.807, 2.05) is 0 Å². The first kappa shape index (κ1) is 31.9. The van der Waals surface area contributed by atoms with Crippen molar-refractivity contribution in [1.29, 1.82) is 0 Å². The summed E-state index contributed by atoms with van der Waals surface area (Å²) in [5, 5.41) is 0. The monoisotopic (exact) mass is 142 g/mol. The summed E-state index contributed by atoms with van der Waals surface area (Å²) in [7, 11) is 0. The molecule has 0 aliphatic carbocycles. The fourth-order valence-corrected chi connectivity index (χ4v) is 0. The van der Waals surface area contributed by atoms with Gasteiger partial charge in [-0.3, -0.25) is 0 Å². The maximum absolute atomic E-state index is 0. The number of rotatable bonds is 0. The smallest absolute Gasteiger partial charge is 0 e. The van der Waals surface area contributed by atoms with E-state index in [2.05, 4.69) is 0 Å². The molecule has 0 aromatic heterocycles. The Morgan fingerprint density at radius 2 is 0.750 bits per heavy atom. The molecule has 0 bridgehead atoms. The average molecular weight is 144 g/mol. The average Bonchev–Trinajstić information content (AvgIpc) is 0. The van der Waals surface area contributed by atoms with Crippen LogP contribution in [0.3, 0.4) is 0 Å². The van der Waals surface area contributed by atoms with Crippen LogP contribution in [0.25, 0.3) is 0 Å². The summed E-state index contributed by atoms with van der Waals surface area (Å²) in [5.74, 6) is 0. The minimum atomic E-state index is 0. The second kappa shape index (κ2) is 18.0. The Morgan fingerprint density at radius 3 is 0.750 bits per heavy atom. The summed E-state index contributed by atoms with van der Waals surface area (Å²) in [5.41, 5.74) is 0. The van der Waals surface area contributed by atoms with Crippen LogP contribution in [0, 0.1) is 0 Å². The largest absolute Gasteiger partial charge is 0 e. The Morgan fingerprint density at radius 1 is 0.750 bits per heavy atom. The topological polar surface area (TPSA) is 0 Å². The summed E-state index contributed by atoms with van der Waals surface area (Å²) in [6.45, 7) is 0. The molecule has 0 unspecified atom stereocenters. The first-order chi connectivity index (χ1) is 0. The molecule has 4 heavy (non-hydrogen) atoms. The molecule has 0 aliphatic rings. The Bertz CT molecular complexity index is 6.00. The maximum atomic E-state index is 0. The minimum Gasteiger partial charge on any atom is 0 e. The zero-order chi connectivity index (χ0) is 0. The van der Waals surface area contributed by atoms with E-state index in [9.17, 15) is 0 Å². The summed E-state index contributed by atoms with van der Waals surface area (Å²) >= 11 is 0. The van der Waals surface area contributed by atoms with E-state index < -0.39 is 0 Å². The van der Waals surface area contributed by atoms with Crippen molar-refractivity contribution in [3.63, 3.8) is 0 Å². The van der Waals surface area contributed by atoms with Gasteiger partial charge in [0.2, 0.25) is 0 Å². The molecule has 0 rings (SSSR count). The van der Waals surface area contributed by atoms with Crippen LogP contribution in [0.1, 0.15) is 0 Å². The van der Waals surface area contributed by atoms with E-state index in [-0.39, 0.29) is 77.3 Å². The molecule has 0 aromatic rings. The quantitative estimate of drug-likeness (QED) is 0.376. The van der Waals surface area contributed by atoms with Gasteiger partial charge in [-0.2, -0.15) is 0 Å². The molecular weight excluding hydrogens is 144 g/mol. The standard InChI is InChI=1S/2Al.Mg.Zn. The zero-order valence-electron chi connectivity index (χ0n) is 2.57. The van der Waals surface area contributed by atoms with Gasteiger partial charge in [0.25, 0.3) is 0 Å². The van der Waals surface area contributed by atoms with Gasteiger partial charge in [0.15, 0.2) is 0 Å². The molecule has 4 heteroatoms. The summed E-state index contributed by atoms with van der Waals surface area (Å²) in [6, 6.07) is 0. The Kier molecular flexibility index (Phi) is 143. The van der Waals surface area contributed by atoms with Gasteiger partial charge in [-0.05, 0) is 0 Å². The summed E-state index contributed by atoms with van der Waals surface area (Å²) < 4.78 is 0. The number of hydrogen-bond acceptors (Lipinski definition) is 0. The van der Waals surface area contributed by atoms with E-state index >= 15 is 0 Å². The van der Waals surface area contributed by atoms with Crippen molar-refractivity contribution in [2.75, 3.05) is 0 Å². The first-order valence-corrected chi connectivity index (χ1v) is 0. The SMILES string of the molecule is [Al].[Al].[Mg].[Zn]. The van der Waals surface area contributed by atoms with Gasteiger partial charge in [-0.1, -0.05) is 0 Å². The molecule has 0 amide bonds. The van der Waals surface area contributed by atoms with Crippen molar-refractivity contribution < 1.29 is 19.5 Å². The van der Waals surface area contributed by atoms with Crippen LogP contribution in [-0.4, -0.2) is 57.8 Å². The molecule has 0 atom stereocenters. The van der Waals surface area contributed by atoms with Crippen molar-refractivity contribution in [3.05, 3.63) is 0 Å². The van der Waals surface area contributed by atoms with E-state index in [0.717, 1.165) is 0 Å². The van der Waals surface area contributed by atoms with E-state index in [1.165, 1.54) is 0 Å². The second-order valence-electron chi connectivity index (χ2n) is 0. The van der Waals surface area contributed by atoms with E-state index in [1.54, 1.807) is 0 Å². The van der Waals surface area contributed by atoms with Crippen molar-refractivity contribution in [3.8, 4) is 0 Å². The van der Waals surface area contributed by atoms with Crippen molar-refractivity contribution in [1.82, 2.24) is 0 Å². The molecule has 8 radical (unpaired) electrons. The van der Waals surface area contributed by atoms with Gasteiger partial charge < -0.3 is 0 Å². The van der Waals surface area contributed by atoms with Gasteiger partial charge in [-0.15, -0.1) is 0 Å². The van der Waals surface area contributed by atoms with Gasteiger partial charge >= 0.3 is 0 Å². The van der Waals surface area contributed by atoms with Crippen LogP contribution in [0.15, 0.2) is 0 Å². The maximum Gasteiger partial charge on any atom is 0 e. The van der Waals surface area contributed by atoms with Crippen LogP contribution in [0.5, 0.6) is 0 Å². The van der Waals surface area contributed by atoms with E-state index in [4.69, 9.17) is 0 Å². The first-order valence-electron chi connectivity index (χ1n) is 0. The molecule has 0 spiro atoms. The Balaban J connectivity index is 0. The third-order valence-corrected chi connectivity index (χ3v) is 0. The second-order valence-corrected chi connectivity index (χ2v) is 0. The molecule has 0 aliphatic heterocycles. The van der Waals surface area contributed by atoms with Crippen molar-refractivity contribution >= 4 is 57.8 Å².